The number of nitrogens with zero attached hydrogens (tertiary/aromatic N) is 2. The van der Waals surface area contributed by atoms with Gasteiger partial charge in [0.15, 0.2) is 0 Å². The number of hydrogen-bond donors (Lipinski definition) is 1. The van der Waals surface area contributed by atoms with E-state index < -0.39 is 0 Å². The fourth-order valence-corrected chi connectivity index (χ4v) is 2.67. The van der Waals surface area contributed by atoms with Crippen molar-refractivity contribution in [2.75, 3.05) is 18.5 Å². The van der Waals surface area contributed by atoms with Crippen molar-refractivity contribution in [3.63, 3.8) is 0 Å². The van der Waals surface area contributed by atoms with Crippen LogP contribution in [0.3, 0.4) is 0 Å². The monoisotopic (exact) mass is 295 g/mol. The van der Waals surface area contributed by atoms with Gasteiger partial charge in [-0.25, -0.2) is 0 Å². The van der Waals surface area contributed by atoms with Gasteiger partial charge in [0.2, 0.25) is 0 Å². The van der Waals surface area contributed by atoms with Crippen LogP contribution in [0.2, 0.25) is 0 Å². The third-order valence-electron chi connectivity index (χ3n) is 2.88. The van der Waals surface area contributed by atoms with Crippen LogP contribution < -0.4 is 10.6 Å². The van der Waals surface area contributed by atoms with Crippen molar-refractivity contribution in [3.8, 4) is 17.9 Å². The van der Waals surface area contributed by atoms with Crippen molar-refractivity contribution in [1.82, 2.24) is 0 Å². The summed E-state index contributed by atoms with van der Waals surface area (Å²) in [4.78, 5) is 14.6. The molecule has 0 saturated heterocycles. The van der Waals surface area contributed by atoms with E-state index in [1.54, 1.807) is 37.4 Å². The molecule has 1 heterocycles. The number of carbonyl (C=O) groups excluding carboxylic acids is 1. The molecular weight excluding hydrogens is 282 g/mol. The molecule has 0 atom stereocenters. The number of rotatable bonds is 2. The number of para-hydroxylation sites is 1. The summed E-state index contributed by atoms with van der Waals surface area (Å²) in [6, 6.07) is 10.9. The highest BCUT2D eigenvalue weighted by Gasteiger charge is 2.19. The standard InChI is InChI=1S/C16H13N3OS/c1-19(14-7-3-2-5-13(14)11-18)16(20)15-12(6-4-9-17)8-10-21-15/h2-3,5,7-8,10H,9,17H2,1H3. The summed E-state index contributed by atoms with van der Waals surface area (Å²) in [6.07, 6.45) is 0. The number of nitriles is 1. The third kappa shape index (κ3) is 3.11. The average Bonchev–Trinajstić information content (AvgIpc) is 2.99. The molecule has 2 N–H and O–H groups in total. The first-order chi connectivity index (χ1) is 10.2. The summed E-state index contributed by atoms with van der Waals surface area (Å²) in [5.74, 6) is 5.45. The van der Waals surface area contributed by atoms with Gasteiger partial charge in [-0.2, -0.15) is 5.26 Å². The number of nitrogens with two attached hydrogens (primary N) is 1. The smallest absolute Gasteiger partial charge is 0.269 e. The molecule has 104 valence electrons. The molecule has 0 fully saturated rings. The maximum absolute atomic E-state index is 12.6. The van der Waals surface area contributed by atoms with E-state index in [-0.39, 0.29) is 12.5 Å². The molecule has 1 aromatic carbocycles. The Balaban J connectivity index is 2.37. The van der Waals surface area contributed by atoms with Crippen LogP contribution >= 0.6 is 11.3 Å². The minimum atomic E-state index is -0.186. The van der Waals surface area contributed by atoms with Crippen molar-refractivity contribution in [1.29, 1.82) is 5.26 Å². The maximum atomic E-state index is 12.6. The lowest BCUT2D eigenvalue weighted by atomic mass is 10.1. The Morgan fingerprint density at radius 2 is 2.10 bits per heavy atom. The molecule has 21 heavy (non-hydrogen) atoms. The predicted octanol–water partition coefficient (Wildman–Crippen LogP) is 2.21. The molecule has 2 aromatic rings. The molecular formula is C16H13N3OS. The molecule has 2 rings (SSSR count). The summed E-state index contributed by atoms with van der Waals surface area (Å²) in [7, 11) is 1.65. The molecule has 0 spiro atoms. The molecule has 0 radical (unpaired) electrons. The SMILES string of the molecule is CN(C(=O)c1sccc1C#CCN)c1ccccc1C#N. The summed E-state index contributed by atoms with van der Waals surface area (Å²) in [6.45, 7) is 0.247. The minimum absolute atomic E-state index is 0.186. The molecule has 0 aliphatic rings. The Labute approximate surface area is 127 Å². The van der Waals surface area contributed by atoms with Crippen LogP contribution in [0.25, 0.3) is 0 Å². The van der Waals surface area contributed by atoms with Gasteiger partial charge in [0.25, 0.3) is 5.91 Å². The molecule has 1 amide bonds. The normalized spacial score (nSPS) is 9.38. The van der Waals surface area contributed by atoms with E-state index in [9.17, 15) is 4.79 Å². The quantitative estimate of drug-likeness (QED) is 0.864. The topological polar surface area (TPSA) is 70.1 Å². The first-order valence-electron chi connectivity index (χ1n) is 6.22. The van der Waals surface area contributed by atoms with E-state index in [1.165, 1.54) is 16.2 Å². The third-order valence-corrected chi connectivity index (χ3v) is 3.78. The van der Waals surface area contributed by atoms with E-state index in [4.69, 9.17) is 11.0 Å². The van der Waals surface area contributed by atoms with Crippen LogP contribution in [0, 0.1) is 23.2 Å². The first-order valence-corrected chi connectivity index (χ1v) is 7.10. The Morgan fingerprint density at radius 3 is 2.81 bits per heavy atom. The number of carbonyl (C=O) groups is 1. The molecule has 0 unspecified atom stereocenters. The zero-order valence-electron chi connectivity index (χ0n) is 11.5. The second-order valence-corrected chi connectivity index (χ2v) is 5.08. The van der Waals surface area contributed by atoms with Gasteiger partial charge in [-0.3, -0.25) is 4.79 Å². The largest absolute Gasteiger partial charge is 0.320 e. The first kappa shape index (κ1) is 14.8. The fraction of sp³-hybridized carbons (Fsp3) is 0.125. The fourth-order valence-electron chi connectivity index (χ4n) is 1.84. The minimum Gasteiger partial charge on any atom is -0.320 e. The second-order valence-electron chi connectivity index (χ2n) is 4.16. The van der Waals surface area contributed by atoms with Crippen molar-refractivity contribution in [2.24, 2.45) is 5.73 Å². The van der Waals surface area contributed by atoms with E-state index in [0.717, 1.165) is 0 Å². The number of amides is 1. The van der Waals surface area contributed by atoms with Crippen molar-refractivity contribution >= 4 is 22.9 Å². The van der Waals surface area contributed by atoms with Gasteiger partial charge < -0.3 is 10.6 Å². The van der Waals surface area contributed by atoms with Crippen LogP contribution in [-0.2, 0) is 0 Å². The van der Waals surface area contributed by atoms with Crippen LogP contribution in [0.15, 0.2) is 35.7 Å². The van der Waals surface area contributed by atoms with Gasteiger partial charge in [0, 0.05) is 12.6 Å². The van der Waals surface area contributed by atoms with Gasteiger partial charge in [0.05, 0.1) is 17.8 Å². The summed E-state index contributed by atoms with van der Waals surface area (Å²) < 4.78 is 0. The molecule has 0 bridgehead atoms. The predicted molar refractivity (Wildman–Crippen MR) is 84.1 cm³/mol. The second kappa shape index (κ2) is 6.71. The van der Waals surface area contributed by atoms with E-state index >= 15 is 0 Å². The van der Waals surface area contributed by atoms with Crippen molar-refractivity contribution in [2.45, 2.75) is 0 Å². The lowest BCUT2D eigenvalue weighted by Crippen LogP contribution is -2.26. The Morgan fingerprint density at radius 1 is 1.33 bits per heavy atom. The van der Waals surface area contributed by atoms with E-state index in [2.05, 4.69) is 17.9 Å². The lowest BCUT2D eigenvalue weighted by Gasteiger charge is -2.18. The van der Waals surface area contributed by atoms with Gasteiger partial charge in [-0.15, -0.1) is 11.3 Å². The number of benzene rings is 1. The van der Waals surface area contributed by atoms with Crippen LogP contribution in [0.5, 0.6) is 0 Å². The van der Waals surface area contributed by atoms with Crippen LogP contribution in [0.4, 0.5) is 5.69 Å². The average molecular weight is 295 g/mol. The van der Waals surface area contributed by atoms with Crippen molar-refractivity contribution < 1.29 is 4.79 Å². The molecule has 5 heteroatoms. The van der Waals surface area contributed by atoms with Gasteiger partial charge >= 0.3 is 0 Å². The highest BCUT2D eigenvalue weighted by atomic mass is 32.1. The Hall–Kier alpha value is -2.60. The summed E-state index contributed by atoms with van der Waals surface area (Å²) in [5.41, 5.74) is 7.06. The highest BCUT2D eigenvalue weighted by molar-refractivity contribution is 7.12. The van der Waals surface area contributed by atoms with Crippen LogP contribution in [-0.4, -0.2) is 19.5 Å². The molecule has 0 saturated carbocycles. The van der Waals surface area contributed by atoms with Gasteiger partial charge in [0.1, 0.15) is 10.9 Å². The Bertz CT molecular complexity index is 762. The molecule has 0 aliphatic carbocycles. The summed E-state index contributed by atoms with van der Waals surface area (Å²) in [5, 5.41) is 10.9. The number of hydrogen-bond acceptors (Lipinski definition) is 4. The molecule has 4 nitrogen and oxygen atoms in total. The maximum Gasteiger partial charge on any atom is 0.269 e. The van der Waals surface area contributed by atoms with Crippen LogP contribution in [0.1, 0.15) is 20.8 Å². The van der Waals surface area contributed by atoms with Gasteiger partial charge in [-0.1, -0.05) is 24.0 Å². The van der Waals surface area contributed by atoms with E-state index in [0.29, 0.717) is 21.7 Å². The van der Waals surface area contributed by atoms with E-state index in [1.807, 2.05) is 5.38 Å². The summed E-state index contributed by atoms with van der Waals surface area (Å²) >= 11 is 1.33. The lowest BCUT2D eigenvalue weighted by molar-refractivity contribution is 0.0996. The molecule has 1 aromatic heterocycles. The number of anilines is 1. The Kier molecular flexibility index (Phi) is 4.73. The number of thiophene rings is 1. The zero-order chi connectivity index (χ0) is 15.2. The highest BCUT2D eigenvalue weighted by Crippen LogP contribution is 2.24. The molecule has 0 aliphatic heterocycles. The van der Waals surface area contributed by atoms with Crippen molar-refractivity contribution in [3.05, 3.63) is 51.7 Å². The zero-order valence-corrected chi connectivity index (χ0v) is 12.3. The van der Waals surface area contributed by atoms with Gasteiger partial charge in [-0.05, 0) is 23.6 Å².